The number of rotatable bonds is 6. The van der Waals surface area contributed by atoms with Gasteiger partial charge in [0.05, 0.1) is 28.9 Å². The van der Waals surface area contributed by atoms with Crippen molar-refractivity contribution in [3.63, 3.8) is 0 Å². The number of halogens is 2. The molecule has 2 saturated heterocycles. The second-order valence-electron chi connectivity index (χ2n) is 10.1. The van der Waals surface area contributed by atoms with Crippen LogP contribution in [0.5, 0.6) is 0 Å². The number of hydrogen-bond acceptors (Lipinski definition) is 6. The van der Waals surface area contributed by atoms with Crippen molar-refractivity contribution in [1.29, 1.82) is 0 Å². The van der Waals surface area contributed by atoms with E-state index >= 15 is 4.39 Å². The van der Waals surface area contributed by atoms with Crippen LogP contribution in [0.4, 0.5) is 25.4 Å². The van der Waals surface area contributed by atoms with Crippen molar-refractivity contribution in [3.8, 4) is 0 Å². The summed E-state index contributed by atoms with van der Waals surface area (Å²) in [5, 5.41) is 16.2. The van der Waals surface area contributed by atoms with Crippen LogP contribution in [-0.2, 0) is 19.9 Å². The molecule has 2 fully saturated rings. The molecule has 2 aromatic rings. The zero-order valence-electron chi connectivity index (χ0n) is 21.4. The maximum atomic E-state index is 15.3. The number of anilines is 2. The SMILES string of the molecule is O=C(O)Nc1ccc(C(=O)NC(C[C@H]2CCCO2)C(=O)N2CCC[C@@]3(C2)OC(=O)Nc2ccc(Cl)c(F)c23)cc1. The summed E-state index contributed by atoms with van der Waals surface area (Å²) in [6, 6.07) is 7.65. The molecule has 3 atom stereocenters. The van der Waals surface area contributed by atoms with Gasteiger partial charge in [-0.25, -0.2) is 14.0 Å². The standard InChI is InChI=1S/C27H28ClFN4O7/c28-18-8-9-19-21(22(18)29)27(40-26(38)32-19)10-2-11-33(14-27)24(35)20(13-17-3-1-12-39-17)31-23(34)15-4-6-16(7-5-15)30-25(36)37/h4-9,17,20,30H,1-3,10-14H2,(H,31,34)(H,32,38)(H,36,37)/t17-,20?,27+/m1/s1. The predicted octanol–water partition coefficient (Wildman–Crippen LogP) is 4.32. The molecule has 1 unspecified atom stereocenters. The molecule has 5 rings (SSSR count). The average Bonchev–Trinajstić information content (AvgIpc) is 3.43. The van der Waals surface area contributed by atoms with Gasteiger partial charge in [0.15, 0.2) is 11.4 Å². The zero-order chi connectivity index (χ0) is 28.4. The topological polar surface area (TPSA) is 146 Å². The number of carbonyl (C=O) groups is 4. The second-order valence-corrected chi connectivity index (χ2v) is 10.5. The lowest BCUT2D eigenvalue weighted by Crippen LogP contribution is -2.57. The monoisotopic (exact) mass is 574 g/mol. The van der Waals surface area contributed by atoms with Gasteiger partial charge in [0, 0.05) is 30.8 Å². The maximum absolute atomic E-state index is 15.3. The number of piperidine rings is 1. The van der Waals surface area contributed by atoms with E-state index in [1.54, 1.807) is 0 Å². The highest BCUT2D eigenvalue weighted by atomic mass is 35.5. The lowest BCUT2D eigenvalue weighted by atomic mass is 9.82. The fourth-order valence-electron chi connectivity index (χ4n) is 5.57. The molecular formula is C27H28ClFN4O7. The molecule has 2 aromatic carbocycles. The molecule has 0 saturated carbocycles. The number of benzene rings is 2. The molecule has 3 aliphatic heterocycles. The van der Waals surface area contributed by atoms with Crippen molar-refractivity contribution >= 4 is 47.0 Å². The van der Waals surface area contributed by atoms with Crippen molar-refractivity contribution in [3.05, 3.63) is 58.4 Å². The molecule has 0 bridgehead atoms. The molecule has 0 aromatic heterocycles. The first kappa shape index (κ1) is 27.7. The first-order valence-corrected chi connectivity index (χ1v) is 13.3. The maximum Gasteiger partial charge on any atom is 0.412 e. The number of fused-ring (bicyclic) bond motifs is 2. The van der Waals surface area contributed by atoms with Crippen LogP contribution in [0.25, 0.3) is 0 Å². The molecule has 3 heterocycles. The Bertz CT molecular complexity index is 1330. The summed E-state index contributed by atoms with van der Waals surface area (Å²) < 4.78 is 26.7. The van der Waals surface area contributed by atoms with Gasteiger partial charge in [-0.15, -0.1) is 0 Å². The Morgan fingerprint density at radius 3 is 2.67 bits per heavy atom. The van der Waals surface area contributed by atoms with E-state index in [0.717, 1.165) is 12.8 Å². The lowest BCUT2D eigenvalue weighted by Gasteiger charge is -2.45. The Kier molecular flexibility index (Phi) is 7.81. The molecule has 0 aliphatic carbocycles. The van der Waals surface area contributed by atoms with Crippen LogP contribution in [0.2, 0.25) is 5.02 Å². The number of carbonyl (C=O) groups excluding carboxylic acids is 3. The van der Waals surface area contributed by atoms with Crippen molar-refractivity contribution in [2.75, 3.05) is 30.3 Å². The Morgan fingerprint density at radius 1 is 1.20 bits per heavy atom. The normalized spacial score (nSPS) is 22.6. The molecule has 4 amide bonds. The van der Waals surface area contributed by atoms with Crippen LogP contribution in [0.15, 0.2) is 36.4 Å². The number of nitrogens with one attached hydrogen (secondary N) is 3. The van der Waals surface area contributed by atoms with E-state index in [1.807, 2.05) is 0 Å². The lowest BCUT2D eigenvalue weighted by molar-refractivity contribution is -0.142. The Labute approximate surface area is 233 Å². The fraction of sp³-hybridized carbons (Fsp3) is 0.407. The van der Waals surface area contributed by atoms with Gasteiger partial charge in [0.1, 0.15) is 6.04 Å². The highest BCUT2D eigenvalue weighted by Gasteiger charge is 2.49. The molecule has 11 nitrogen and oxygen atoms in total. The van der Waals surface area contributed by atoms with Crippen molar-refractivity contribution in [2.24, 2.45) is 0 Å². The number of nitrogens with zero attached hydrogens (tertiary/aromatic N) is 1. The van der Waals surface area contributed by atoms with Gasteiger partial charge in [-0.3, -0.25) is 20.2 Å². The minimum absolute atomic E-state index is 0.0897. The van der Waals surface area contributed by atoms with Gasteiger partial charge in [0.25, 0.3) is 5.91 Å². The third-order valence-electron chi connectivity index (χ3n) is 7.37. The number of amides is 4. The third kappa shape index (κ3) is 5.68. The Morgan fingerprint density at radius 2 is 1.98 bits per heavy atom. The Hall–Kier alpha value is -3.90. The van der Waals surface area contributed by atoms with Gasteiger partial charge >= 0.3 is 12.2 Å². The third-order valence-corrected chi connectivity index (χ3v) is 7.66. The van der Waals surface area contributed by atoms with Crippen LogP contribution in [0, 0.1) is 5.82 Å². The van der Waals surface area contributed by atoms with Crippen LogP contribution >= 0.6 is 11.6 Å². The minimum Gasteiger partial charge on any atom is -0.465 e. The van der Waals surface area contributed by atoms with E-state index in [0.29, 0.717) is 25.3 Å². The smallest absolute Gasteiger partial charge is 0.412 e. The highest BCUT2D eigenvalue weighted by Crippen LogP contribution is 2.45. The molecule has 212 valence electrons. The van der Waals surface area contributed by atoms with Crippen LogP contribution in [0.3, 0.4) is 0 Å². The summed E-state index contributed by atoms with van der Waals surface area (Å²) in [4.78, 5) is 51.8. The second kappa shape index (κ2) is 11.3. The quantitative estimate of drug-likeness (QED) is 0.402. The first-order valence-electron chi connectivity index (χ1n) is 12.9. The fourth-order valence-corrected chi connectivity index (χ4v) is 5.72. The van der Waals surface area contributed by atoms with E-state index in [4.69, 9.17) is 26.2 Å². The first-order chi connectivity index (χ1) is 19.1. The molecule has 3 aliphatic rings. The van der Waals surface area contributed by atoms with Crippen molar-refractivity contribution in [2.45, 2.75) is 49.9 Å². The summed E-state index contributed by atoms with van der Waals surface area (Å²) in [6.07, 6.45) is 0.284. The molecular weight excluding hydrogens is 547 g/mol. The highest BCUT2D eigenvalue weighted by molar-refractivity contribution is 6.31. The van der Waals surface area contributed by atoms with Crippen molar-refractivity contribution in [1.82, 2.24) is 10.2 Å². The summed E-state index contributed by atoms with van der Waals surface area (Å²) in [7, 11) is 0. The van der Waals surface area contributed by atoms with Crippen LogP contribution in [0.1, 0.15) is 48.0 Å². The van der Waals surface area contributed by atoms with Crippen molar-refractivity contribution < 1.29 is 38.1 Å². The van der Waals surface area contributed by atoms with Gasteiger partial charge in [-0.2, -0.15) is 0 Å². The van der Waals surface area contributed by atoms with E-state index in [2.05, 4.69) is 16.0 Å². The predicted molar refractivity (Wildman–Crippen MR) is 142 cm³/mol. The van der Waals surface area contributed by atoms with Gasteiger partial charge in [0.2, 0.25) is 5.91 Å². The van der Waals surface area contributed by atoms with Crippen LogP contribution < -0.4 is 16.0 Å². The molecule has 1 spiro atoms. The van der Waals surface area contributed by atoms with Crippen LogP contribution in [-0.4, -0.2) is 65.8 Å². The summed E-state index contributed by atoms with van der Waals surface area (Å²) >= 11 is 6.06. The number of carboxylic acid groups (broad SMARTS) is 1. The zero-order valence-corrected chi connectivity index (χ0v) is 22.1. The van der Waals surface area contributed by atoms with E-state index in [1.165, 1.54) is 41.3 Å². The largest absolute Gasteiger partial charge is 0.465 e. The average molecular weight is 575 g/mol. The molecule has 40 heavy (non-hydrogen) atoms. The van der Waals surface area contributed by atoms with E-state index < -0.39 is 41.5 Å². The summed E-state index contributed by atoms with van der Waals surface area (Å²) in [5.41, 5.74) is -0.594. The van der Waals surface area contributed by atoms with E-state index in [-0.39, 0.29) is 47.3 Å². The summed E-state index contributed by atoms with van der Waals surface area (Å²) in [5.74, 6) is -1.66. The van der Waals surface area contributed by atoms with E-state index in [9.17, 15) is 19.2 Å². The number of likely N-dealkylation sites (tertiary alicyclic amines) is 1. The van der Waals surface area contributed by atoms with Gasteiger partial charge in [-0.05, 0) is 62.1 Å². The minimum atomic E-state index is -1.44. The summed E-state index contributed by atoms with van der Waals surface area (Å²) in [6.45, 7) is 0.762. The molecule has 13 heteroatoms. The van der Waals surface area contributed by atoms with Gasteiger partial charge < -0.3 is 24.8 Å². The Balaban J connectivity index is 1.38. The molecule has 4 N–H and O–H groups in total. The number of hydrogen-bond donors (Lipinski definition) is 4. The molecule has 0 radical (unpaired) electrons. The van der Waals surface area contributed by atoms with Gasteiger partial charge in [-0.1, -0.05) is 11.6 Å². The number of ether oxygens (including phenoxy) is 2.